The third-order valence-corrected chi connectivity index (χ3v) is 4.11. The predicted octanol–water partition coefficient (Wildman–Crippen LogP) is 0.0437. The van der Waals surface area contributed by atoms with Crippen LogP contribution in [0.2, 0.25) is 0 Å². The number of sulfonamides is 1. The van der Waals surface area contributed by atoms with E-state index in [1.54, 1.807) is 38.4 Å². The summed E-state index contributed by atoms with van der Waals surface area (Å²) in [6.07, 6.45) is 0. The third-order valence-electron chi connectivity index (χ3n) is 2.70. The molecule has 0 bridgehead atoms. The first kappa shape index (κ1) is 17.3. The summed E-state index contributed by atoms with van der Waals surface area (Å²) in [6, 6.07) is 6.02. The van der Waals surface area contributed by atoms with Crippen molar-refractivity contribution in [3.8, 4) is 5.75 Å². The first-order valence-corrected chi connectivity index (χ1v) is 8.06. The Morgan fingerprint density at radius 1 is 1.38 bits per heavy atom. The maximum atomic E-state index is 11.9. The average Bonchev–Trinajstić information content (AvgIpc) is 2.39. The molecule has 1 amide bonds. The molecule has 0 heterocycles. The number of nitrogens with one attached hydrogen (secondary N) is 1. The fourth-order valence-electron chi connectivity index (χ4n) is 1.64. The van der Waals surface area contributed by atoms with Gasteiger partial charge in [0.25, 0.3) is 0 Å². The SMILES string of the molecule is CC(NS(=O)(=O)CCOc1ccccc1N)C(=O)N(C)C. The van der Waals surface area contributed by atoms with Gasteiger partial charge in [0.2, 0.25) is 15.9 Å². The molecule has 8 heteroatoms. The molecule has 0 aliphatic carbocycles. The molecule has 0 fully saturated rings. The molecule has 7 nitrogen and oxygen atoms in total. The molecule has 21 heavy (non-hydrogen) atoms. The molecule has 0 aromatic heterocycles. The van der Waals surface area contributed by atoms with Crippen LogP contribution in [0, 0.1) is 0 Å². The fourth-order valence-corrected chi connectivity index (χ4v) is 2.70. The van der Waals surface area contributed by atoms with E-state index >= 15 is 0 Å². The van der Waals surface area contributed by atoms with E-state index < -0.39 is 16.1 Å². The number of carbonyl (C=O) groups is 1. The lowest BCUT2D eigenvalue weighted by Crippen LogP contribution is -2.45. The molecule has 0 saturated heterocycles. The first-order valence-electron chi connectivity index (χ1n) is 6.41. The maximum absolute atomic E-state index is 11.9. The van der Waals surface area contributed by atoms with Crippen LogP contribution in [0.25, 0.3) is 0 Å². The van der Waals surface area contributed by atoms with Gasteiger partial charge in [-0.15, -0.1) is 0 Å². The Hall–Kier alpha value is -1.80. The van der Waals surface area contributed by atoms with E-state index in [4.69, 9.17) is 10.5 Å². The molecular weight excluding hydrogens is 294 g/mol. The highest BCUT2D eigenvalue weighted by atomic mass is 32.2. The summed E-state index contributed by atoms with van der Waals surface area (Å²) in [4.78, 5) is 12.9. The number of para-hydroxylation sites is 2. The van der Waals surface area contributed by atoms with Crippen molar-refractivity contribution in [3.05, 3.63) is 24.3 Å². The van der Waals surface area contributed by atoms with Crippen LogP contribution in [-0.2, 0) is 14.8 Å². The van der Waals surface area contributed by atoms with Gasteiger partial charge in [0, 0.05) is 14.1 Å². The highest BCUT2D eigenvalue weighted by Crippen LogP contribution is 2.19. The molecule has 3 N–H and O–H groups in total. The van der Waals surface area contributed by atoms with Crippen LogP contribution in [0.4, 0.5) is 5.69 Å². The van der Waals surface area contributed by atoms with Crippen molar-refractivity contribution in [1.82, 2.24) is 9.62 Å². The Kier molecular flexibility index (Phi) is 5.98. The van der Waals surface area contributed by atoms with Gasteiger partial charge in [0.1, 0.15) is 12.4 Å². The number of nitrogen functional groups attached to an aromatic ring is 1. The molecule has 0 radical (unpaired) electrons. The van der Waals surface area contributed by atoms with E-state index in [1.165, 1.54) is 11.8 Å². The number of carbonyl (C=O) groups excluding carboxylic acids is 1. The summed E-state index contributed by atoms with van der Waals surface area (Å²) in [5.74, 6) is -0.135. The minimum Gasteiger partial charge on any atom is -0.490 e. The number of likely N-dealkylation sites (N-methyl/N-ethyl adjacent to an activating group) is 1. The minimum atomic E-state index is -3.61. The summed E-state index contributed by atoms with van der Waals surface area (Å²) in [7, 11) is -0.478. The van der Waals surface area contributed by atoms with E-state index in [-0.39, 0.29) is 18.3 Å². The van der Waals surface area contributed by atoms with E-state index in [9.17, 15) is 13.2 Å². The van der Waals surface area contributed by atoms with Crippen LogP contribution in [0.15, 0.2) is 24.3 Å². The predicted molar refractivity (Wildman–Crippen MR) is 81.4 cm³/mol. The normalized spacial score (nSPS) is 12.7. The number of hydrogen-bond acceptors (Lipinski definition) is 5. The number of amides is 1. The Labute approximate surface area is 125 Å². The van der Waals surface area contributed by atoms with Crippen LogP contribution in [0.3, 0.4) is 0 Å². The van der Waals surface area contributed by atoms with E-state index in [0.717, 1.165) is 0 Å². The van der Waals surface area contributed by atoms with Crippen LogP contribution < -0.4 is 15.2 Å². The summed E-state index contributed by atoms with van der Waals surface area (Å²) >= 11 is 0. The van der Waals surface area contributed by atoms with Crippen molar-refractivity contribution in [1.29, 1.82) is 0 Å². The average molecular weight is 315 g/mol. The number of ether oxygens (including phenoxy) is 1. The van der Waals surface area contributed by atoms with Gasteiger partial charge in [-0.25, -0.2) is 13.1 Å². The molecule has 0 spiro atoms. The lowest BCUT2D eigenvalue weighted by Gasteiger charge is -2.18. The standard InChI is InChI=1S/C13H21N3O4S/c1-10(13(17)16(2)3)15-21(18,19)9-8-20-12-7-5-4-6-11(12)14/h4-7,10,15H,8-9,14H2,1-3H3. The second-order valence-corrected chi connectivity index (χ2v) is 6.65. The highest BCUT2D eigenvalue weighted by molar-refractivity contribution is 7.89. The van der Waals surface area contributed by atoms with Gasteiger partial charge in [-0.3, -0.25) is 4.79 Å². The number of nitrogens with zero attached hydrogens (tertiary/aromatic N) is 1. The Morgan fingerprint density at radius 3 is 2.57 bits per heavy atom. The number of rotatable bonds is 7. The van der Waals surface area contributed by atoms with E-state index in [0.29, 0.717) is 11.4 Å². The molecule has 118 valence electrons. The van der Waals surface area contributed by atoms with Gasteiger partial charge in [0.05, 0.1) is 17.5 Å². The molecular formula is C13H21N3O4S. The lowest BCUT2D eigenvalue weighted by atomic mass is 10.3. The van der Waals surface area contributed by atoms with Gasteiger partial charge in [-0.05, 0) is 19.1 Å². The zero-order valence-electron chi connectivity index (χ0n) is 12.4. The third kappa shape index (κ3) is 5.60. The van der Waals surface area contributed by atoms with Gasteiger partial charge >= 0.3 is 0 Å². The quantitative estimate of drug-likeness (QED) is 0.692. The number of nitrogens with two attached hydrogens (primary N) is 1. The summed E-state index contributed by atoms with van der Waals surface area (Å²) in [5, 5.41) is 0. The number of anilines is 1. The smallest absolute Gasteiger partial charge is 0.239 e. The number of benzene rings is 1. The molecule has 1 aromatic carbocycles. The molecule has 0 aliphatic rings. The van der Waals surface area contributed by atoms with Crippen molar-refractivity contribution in [2.75, 3.05) is 32.2 Å². The van der Waals surface area contributed by atoms with Crippen LogP contribution in [0.5, 0.6) is 5.75 Å². The van der Waals surface area contributed by atoms with Crippen LogP contribution in [-0.4, -0.2) is 51.7 Å². The molecule has 0 saturated carbocycles. The highest BCUT2D eigenvalue weighted by Gasteiger charge is 2.21. The maximum Gasteiger partial charge on any atom is 0.239 e. The minimum absolute atomic E-state index is 0.0492. The van der Waals surface area contributed by atoms with Crippen molar-refractivity contribution >= 4 is 21.6 Å². The van der Waals surface area contributed by atoms with Gasteiger partial charge in [-0.1, -0.05) is 12.1 Å². The Bertz CT molecular complexity index is 587. The topological polar surface area (TPSA) is 102 Å². The zero-order chi connectivity index (χ0) is 16.0. The van der Waals surface area contributed by atoms with E-state index in [1.807, 2.05) is 0 Å². The Morgan fingerprint density at radius 2 is 2.00 bits per heavy atom. The summed E-state index contributed by atoms with van der Waals surface area (Å²) in [5.41, 5.74) is 6.13. The van der Waals surface area contributed by atoms with Crippen molar-refractivity contribution in [2.45, 2.75) is 13.0 Å². The molecule has 1 atom stereocenters. The monoisotopic (exact) mass is 315 g/mol. The second-order valence-electron chi connectivity index (χ2n) is 4.78. The van der Waals surface area contributed by atoms with Gasteiger partial charge < -0.3 is 15.4 Å². The second kappa shape index (κ2) is 7.28. The first-order chi connectivity index (χ1) is 9.73. The molecule has 1 unspecified atom stereocenters. The van der Waals surface area contributed by atoms with E-state index in [2.05, 4.69) is 4.72 Å². The fraction of sp³-hybridized carbons (Fsp3) is 0.462. The Balaban J connectivity index is 2.50. The van der Waals surface area contributed by atoms with Crippen LogP contribution in [0.1, 0.15) is 6.92 Å². The largest absolute Gasteiger partial charge is 0.490 e. The molecule has 0 aliphatic heterocycles. The molecule has 1 rings (SSSR count). The van der Waals surface area contributed by atoms with Crippen molar-refractivity contribution in [3.63, 3.8) is 0 Å². The van der Waals surface area contributed by atoms with Gasteiger partial charge in [-0.2, -0.15) is 0 Å². The van der Waals surface area contributed by atoms with Crippen LogP contribution >= 0.6 is 0 Å². The zero-order valence-corrected chi connectivity index (χ0v) is 13.2. The lowest BCUT2D eigenvalue weighted by molar-refractivity contribution is -0.130. The molecule has 1 aromatic rings. The van der Waals surface area contributed by atoms with Crippen molar-refractivity contribution < 1.29 is 17.9 Å². The van der Waals surface area contributed by atoms with Gasteiger partial charge in [0.15, 0.2) is 0 Å². The van der Waals surface area contributed by atoms with Crippen molar-refractivity contribution in [2.24, 2.45) is 0 Å². The summed E-state index contributed by atoms with van der Waals surface area (Å²) < 4.78 is 31.3. The number of hydrogen-bond donors (Lipinski definition) is 2. The summed E-state index contributed by atoms with van der Waals surface area (Å²) in [6.45, 7) is 1.45.